The standard InChI is InChI=1S/C12H14N4O4/c13-10-3-2-8(16(19)20)6-9(10)12(18)15-5-1-4-14-11(17)7-15/h2-3,6H,1,4-5,7,13H2,(H,14,17). The maximum absolute atomic E-state index is 12.3. The minimum atomic E-state index is -0.592. The second kappa shape index (κ2) is 5.55. The van der Waals surface area contributed by atoms with Crippen molar-refractivity contribution >= 4 is 23.2 Å². The fraction of sp³-hybridized carbons (Fsp3) is 0.333. The van der Waals surface area contributed by atoms with Crippen molar-refractivity contribution < 1.29 is 14.5 Å². The van der Waals surface area contributed by atoms with E-state index in [-0.39, 0.29) is 29.4 Å². The van der Waals surface area contributed by atoms with E-state index in [1.807, 2.05) is 0 Å². The van der Waals surface area contributed by atoms with Gasteiger partial charge in [0.2, 0.25) is 5.91 Å². The van der Waals surface area contributed by atoms with Crippen molar-refractivity contribution in [2.45, 2.75) is 6.42 Å². The van der Waals surface area contributed by atoms with Crippen LogP contribution in [0.1, 0.15) is 16.8 Å². The van der Waals surface area contributed by atoms with Crippen LogP contribution in [0.15, 0.2) is 18.2 Å². The molecule has 0 bridgehead atoms. The normalized spacial score (nSPS) is 15.4. The number of amides is 2. The summed E-state index contributed by atoms with van der Waals surface area (Å²) in [6.45, 7) is 0.841. The number of benzene rings is 1. The third-order valence-electron chi connectivity index (χ3n) is 3.03. The topological polar surface area (TPSA) is 119 Å². The largest absolute Gasteiger partial charge is 0.398 e. The van der Waals surface area contributed by atoms with Crippen LogP contribution in [0.5, 0.6) is 0 Å². The van der Waals surface area contributed by atoms with Crippen molar-refractivity contribution in [2.75, 3.05) is 25.4 Å². The zero-order valence-corrected chi connectivity index (χ0v) is 10.7. The molecule has 8 heteroatoms. The van der Waals surface area contributed by atoms with E-state index in [0.29, 0.717) is 19.5 Å². The van der Waals surface area contributed by atoms with Gasteiger partial charge in [-0.1, -0.05) is 0 Å². The van der Waals surface area contributed by atoms with Gasteiger partial charge in [-0.15, -0.1) is 0 Å². The van der Waals surface area contributed by atoms with Gasteiger partial charge in [0.25, 0.3) is 11.6 Å². The zero-order valence-electron chi connectivity index (χ0n) is 10.7. The van der Waals surface area contributed by atoms with E-state index in [0.717, 1.165) is 6.07 Å². The molecule has 0 radical (unpaired) electrons. The predicted octanol–water partition coefficient (Wildman–Crippen LogP) is 0.139. The average Bonchev–Trinajstić information content (AvgIpc) is 2.63. The molecular formula is C12H14N4O4. The third kappa shape index (κ3) is 2.85. The maximum atomic E-state index is 12.3. The van der Waals surface area contributed by atoms with Crippen LogP contribution in [0.25, 0.3) is 0 Å². The molecular weight excluding hydrogens is 264 g/mol. The quantitative estimate of drug-likeness (QED) is 0.453. The van der Waals surface area contributed by atoms with Crippen LogP contribution in [-0.2, 0) is 4.79 Å². The Bertz CT molecular complexity index is 573. The summed E-state index contributed by atoms with van der Waals surface area (Å²) in [5.41, 5.74) is 5.70. The number of nitro groups is 1. The smallest absolute Gasteiger partial charge is 0.270 e. The molecule has 1 aromatic carbocycles. The Balaban J connectivity index is 2.29. The number of nitrogen functional groups attached to an aromatic ring is 1. The average molecular weight is 278 g/mol. The number of hydrogen-bond acceptors (Lipinski definition) is 5. The van der Waals surface area contributed by atoms with E-state index in [1.165, 1.54) is 17.0 Å². The van der Waals surface area contributed by atoms with Crippen molar-refractivity contribution in [3.8, 4) is 0 Å². The Morgan fingerprint density at radius 2 is 2.20 bits per heavy atom. The van der Waals surface area contributed by atoms with Crippen LogP contribution in [0.3, 0.4) is 0 Å². The first-order valence-electron chi connectivity index (χ1n) is 6.09. The molecule has 0 aliphatic carbocycles. The molecule has 0 spiro atoms. The summed E-state index contributed by atoms with van der Waals surface area (Å²) in [5.74, 6) is -0.719. The van der Waals surface area contributed by atoms with Crippen molar-refractivity contribution in [3.05, 3.63) is 33.9 Å². The van der Waals surface area contributed by atoms with Gasteiger partial charge in [0, 0.05) is 30.9 Å². The van der Waals surface area contributed by atoms with Gasteiger partial charge in [-0.3, -0.25) is 19.7 Å². The van der Waals surface area contributed by atoms with Gasteiger partial charge in [-0.2, -0.15) is 0 Å². The van der Waals surface area contributed by atoms with Gasteiger partial charge in [-0.25, -0.2) is 0 Å². The van der Waals surface area contributed by atoms with E-state index < -0.39 is 10.8 Å². The summed E-state index contributed by atoms with van der Waals surface area (Å²) in [6, 6.07) is 3.70. The maximum Gasteiger partial charge on any atom is 0.270 e. The Kier molecular flexibility index (Phi) is 3.83. The molecule has 1 heterocycles. The molecule has 106 valence electrons. The summed E-state index contributed by atoms with van der Waals surface area (Å²) >= 11 is 0. The Labute approximate surface area is 114 Å². The van der Waals surface area contributed by atoms with E-state index in [1.54, 1.807) is 0 Å². The first-order valence-corrected chi connectivity index (χ1v) is 6.09. The number of carbonyl (C=O) groups is 2. The molecule has 1 aliphatic heterocycles. The second-order valence-electron chi connectivity index (χ2n) is 4.46. The highest BCUT2D eigenvalue weighted by Gasteiger charge is 2.24. The van der Waals surface area contributed by atoms with Crippen LogP contribution < -0.4 is 11.1 Å². The second-order valence-corrected chi connectivity index (χ2v) is 4.46. The van der Waals surface area contributed by atoms with Gasteiger partial charge in [0.05, 0.1) is 17.0 Å². The number of nitrogens with two attached hydrogens (primary N) is 1. The molecule has 2 rings (SSSR count). The van der Waals surface area contributed by atoms with Crippen LogP contribution in [0.2, 0.25) is 0 Å². The number of hydrogen-bond donors (Lipinski definition) is 2. The van der Waals surface area contributed by atoms with Crippen LogP contribution in [-0.4, -0.2) is 41.3 Å². The van der Waals surface area contributed by atoms with Crippen molar-refractivity contribution in [2.24, 2.45) is 0 Å². The monoisotopic (exact) mass is 278 g/mol. The van der Waals surface area contributed by atoms with Crippen molar-refractivity contribution in [1.29, 1.82) is 0 Å². The molecule has 0 saturated carbocycles. The number of rotatable bonds is 2. The molecule has 0 unspecified atom stereocenters. The Morgan fingerprint density at radius 1 is 1.45 bits per heavy atom. The number of carbonyl (C=O) groups excluding carboxylic acids is 2. The first kappa shape index (κ1) is 13.8. The SMILES string of the molecule is Nc1ccc([N+](=O)[O-])cc1C(=O)N1CCCNC(=O)C1. The highest BCUT2D eigenvalue weighted by atomic mass is 16.6. The van der Waals surface area contributed by atoms with E-state index in [2.05, 4.69) is 5.32 Å². The van der Waals surface area contributed by atoms with Gasteiger partial charge < -0.3 is 16.0 Å². The molecule has 2 amide bonds. The summed E-state index contributed by atoms with van der Waals surface area (Å²) in [5, 5.41) is 13.4. The van der Waals surface area contributed by atoms with Crippen LogP contribution >= 0.6 is 0 Å². The Hall–Kier alpha value is -2.64. The number of non-ortho nitro benzene ring substituents is 1. The lowest BCUT2D eigenvalue weighted by molar-refractivity contribution is -0.384. The molecule has 8 nitrogen and oxygen atoms in total. The van der Waals surface area contributed by atoms with Crippen molar-refractivity contribution in [1.82, 2.24) is 10.2 Å². The molecule has 1 aliphatic rings. The number of nitrogens with zero attached hydrogens (tertiary/aromatic N) is 2. The lowest BCUT2D eigenvalue weighted by Crippen LogP contribution is -2.37. The summed E-state index contributed by atoms with van der Waals surface area (Å²) < 4.78 is 0. The summed E-state index contributed by atoms with van der Waals surface area (Å²) in [6.07, 6.45) is 0.631. The number of nitro benzene ring substituents is 1. The highest BCUT2D eigenvalue weighted by Crippen LogP contribution is 2.21. The molecule has 20 heavy (non-hydrogen) atoms. The summed E-state index contributed by atoms with van der Waals surface area (Å²) in [4.78, 5) is 35.3. The fourth-order valence-corrected chi connectivity index (χ4v) is 1.99. The van der Waals surface area contributed by atoms with Gasteiger partial charge in [0.1, 0.15) is 0 Å². The third-order valence-corrected chi connectivity index (χ3v) is 3.03. The predicted molar refractivity (Wildman–Crippen MR) is 71.0 cm³/mol. The molecule has 1 fully saturated rings. The molecule has 0 atom stereocenters. The molecule has 1 aromatic rings. The molecule has 3 N–H and O–H groups in total. The minimum Gasteiger partial charge on any atom is -0.398 e. The van der Waals surface area contributed by atoms with Crippen molar-refractivity contribution in [3.63, 3.8) is 0 Å². The van der Waals surface area contributed by atoms with E-state index in [9.17, 15) is 19.7 Å². The zero-order chi connectivity index (χ0) is 14.7. The van der Waals surface area contributed by atoms with Crippen LogP contribution in [0, 0.1) is 10.1 Å². The van der Waals surface area contributed by atoms with E-state index in [4.69, 9.17) is 5.73 Å². The van der Waals surface area contributed by atoms with E-state index >= 15 is 0 Å². The Morgan fingerprint density at radius 3 is 2.90 bits per heavy atom. The van der Waals surface area contributed by atoms with Gasteiger partial charge in [0.15, 0.2) is 0 Å². The van der Waals surface area contributed by atoms with Gasteiger partial charge in [-0.05, 0) is 12.5 Å². The first-order chi connectivity index (χ1) is 9.49. The minimum absolute atomic E-state index is 0.0499. The van der Waals surface area contributed by atoms with Gasteiger partial charge >= 0.3 is 0 Å². The lowest BCUT2D eigenvalue weighted by atomic mass is 10.1. The fourth-order valence-electron chi connectivity index (χ4n) is 1.99. The van der Waals surface area contributed by atoms with Crippen LogP contribution in [0.4, 0.5) is 11.4 Å². The highest BCUT2D eigenvalue weighted by molar-refractivity contribution is 6.01. The number of nitrogens with one attached hydrogen (secondary N) is 1. The number of anilines is 1. The molecule has 1 saturated heterocycles. The summed E-state index contributed by atoms with van der Waals surface area (Å²) in [7, 11) is 0. The molecule has 0 aromatic heterocycles. The lowest BCUT2D eigenvalue weighted by Gasteiger charge is -2.19.